The number of pyridine rings is 1. The lowest BCUT2D eigenvalue weighted by atomic mass is 10.1. The molecule has 164 valence electrons. The normalized spacial score (nSPS) is 13.1. The molecule has 0 saturated carbocycles. The minimum Gasteiger partial charge on any atom is -0.435 e. The zero-order valence-electron chi connectivity index (χ0n) is 16.8. The minimum atomic E-state index is -0.507. The van der Waals surface area contributed by atoms with E-state index in [1.807, 2.05) is 4.90 Å². The number of para-hydroxylation sites is 2. The van der Waals surface area contributed by atoms with E-state index >= 15 is 0 Å². The lowest BCUT2D eigenvalue weighted by Gasteiger charge is -2.18. The molecule has 1 aliphatic heterocycles. The van der Waals surface area contributed by atoms with Crippen LogP contribution in [-0.2, 0) is 0 Å². The van der Waals surface area contributed by atoms with E-state index in [4.69, 9.17) is 27.9 Å². The molecule has 2 aromatic carbocycles. The van der Waals surface area contributed by atoms with Crippen LogP contribution in [0.3, 0.4) is 0 Å². The number of benzene rings is 2. The molecule has 8 nitrogen and oxygen atoms in total. The lowest BCUT2D eigenvalue weighted by Crippen LogP contribution is -2.20. The first-order valence-electron chi connectivity index (χ1n) is 9.85. The summed E-state index contributed by atoms with van der Waals surface area (Å²) in [6.07, 6.45) is 3.37. The fraction of sp³-hybridized carbons (Fsp3) is 0.182. The Morgan fingerprint density at radius 2 is 1.88 bits per heavy atom. The second-order valence-electron chi connectivity index (χ2n) is 7.15. The highest BCUT2D eigenvalue weighted by Gasteiger charge is 2.24. The van der Waals surface area contributed by atoms with Gasteiger partial charge in [-0.05, 0) is 43.2 Å². The molecule has 1 N–H and O–H groups in total. The lowest BCUT2D eigenvalue weighted by molar-refractivity contribution is -0.384. The molecule has 0 aliphatic carbocycles. The van der Waals surface area contributed by atoms with Gasteiger partial charge in [-0.1, -0.05) is 35.3 Å². The third-order valence-corrected chi connectivity index (χ3v) is 5.47. The smallest absolute Gasteiger partial charge is 0.293 e. The van der Waals surface area contributed by atoms with Gasteiger partial charge in [-0.2, -0.15) is 0 Å². The molecule has 0 atom stereocenters. The number of anilines is 2. The molecule has 1 fully saturated rings. The Labute approximate surface area is 193 Å². The van der Waals surface area contributed by atoms with E-state index in [2.05, 4.69) is 10.3 Å². The molecule has 0 unspecified atom stereocenters. The van der Waals surface area contributed by atoms with Gasteiger partial charge in [0, 0.05) is 30.9 Å². The number of hydrogen-bond acceptors (Lipinski definition) is 6. The van der Waals surface area contributed by atoms with Crippen LogP contribution in [0.5, 0.6) is 11.6 Å². The van der Waals surface area contributed by atoms with Gasteiger partial charge in [-0.25, -0.2) is 4.98 Å². The number of halogens is 2. The van der Waals surface area contributed by atoms with Crippen LogP contribution in [0.15, 0.2) is 54.7 Å². The van der Waals surface area contributed by atoms with Crippen molar-refractivity contribution in [2.24, 2.45) is 0 Å². The molecule has 1 amide bonds. The number of amides is 1. The number of aromatic nitrogens is 1. The van der Waals surface area contributed by atoms with Crippen molar-refractivity contribution < 1.29 is 14.5 Å². The first-order chi connectivity index (χ1) is 15.4. The average molecular weight is 473 g/mol. The van der Waals surface area contributed by atoms with Gasteiger partial charge in [-0.3, -0.25) is 14.9 Å². The Hall–Kier alpha value is -3.36. The fourth-order valence-corrected chi connectivity index (χ4v) is 3.89. The zero-order valence-corrected chi connectivity index (χ0v) is 18.3. The number of hydrogen-bond donors (Lipinski definition) is 1. The van der Waals surface area contributed by atoms with Crippen molar-refractivity contribution in [2.75, 3.05) is 23.3 Å². The third-order valence-electron chi connectivity index (χ3n) is 5.00. The number of nitrogens with one attached hydrogen (secondary N) is 1. The Morgan fingerprint density at radius 1 is 1.12 bits per heavy atom. The fourth-order valence-electron chi connectivity index (χ4n) is 3.47. The molecule has 0 spiro atoms. The van der Waals surface area contributed by atoms with Crippen molar-refractivity contribution in [2.45, 2.75) is 12.8 Å². The number of nitro groups is 1. The zero-order chi connectivity index (χ0) is 22.7. The van der Waals surface area contributed by atoms with Gasteiger partial charge in [0.15, 0.2) is 5.75 Å². The summed E-state index contributed by atoms with van der Waals surface area (Å²) in [7, 11) is 0. The highest BCUT2D eigenvalue weighted by Crippen LogP contribution is 2.35. The Balaban J connectivity index is 1.58. The van der Waals surface area contributed by atoms with Gasteiger partial charge in [-0.15, -0.1) is 0 Å². The molecular formula is C22H18Cl2N4O4. The summed E-state index contributed by atoms with van der Waals surface area (Å²) in [4.78, 5) is 30.1. The average Bonchev–Trinajstić information content (AvgIpc) is 3.31. The molecular weight excluding hydrogens is 455 g/mol. The summed E-state index contributed by atoms with van der Waals surface area (Å²) in [5.41, 5.74) is 0.950. The molecule has 10 heteroatoms. The summed E-state index contributed by atoms with van der Waals surface area (Å²) in [6.45, 7) is 1.52. The van der Waals surface area contributed by atoms with Crippen molar-refractivity contribution in [1.29, 1.82) is 0 Å². The van der Waals surface area contributed by atoms with Crippen molar-refractivity contribution in [1.82, 2.24) is 4.98 Å². The standard InChI is InChI=1S/C22H18Cl2N4O4/c23-15-12-16(24)22(25-13-15)32-20-6-2-1-5-17(20)26-21(29)14-7-8-18(19(11-14)28(30)31)27-9-3-4-10-27/h1-2,5-8,11-13H,3-4,9-10H2,(H,26,29). The van der Waals surface area contributed by atoms with Crippen LogP contribution < -0.4 is 15.0 Å². The van der Waals surface area contributed by atoms with Crippen LogP contribution in [0.1, 0.15) is 23.2 Å². The maximum Gasteiger partial charge on any atom is 0.293 e. The van der Waals surface area contributed by atoms with Crippen molar-refractivity contribution in [3.63, 3.8) is 0 Å². The highest BCUT2D eigenvalue weighted by molar-refractivity contribution is 6.35. The van der Waals surface area contributed by atoms with Gasteiger partial charge < -0.3 is 15.0 Å². The Morgan fingerprint density at radius 3 is 2.59 bits per heavy atom. The van der Waals surface area contributed by atoms with E-state index in [-0.39, 0.29) is 22.2 Å². The van der Waals surface area contributed by atoms with Crippen LogP contribution >= 0.6 is 23.2 Å². The van der Waals surface area contributed by atoms with Crippen molar-refractivity contribution in [3.8, 4) is 11.6 Å². The largest absolute Gasteiger partial charge is 0.435 e. The summed E-state index contributed by atoms with van der Waals surface area (Å²) in [5.74, 6) is -0.0728. The van der Waals surface area contributed by atoms with Crippen LogP contribution in [0.2, 0.25) is 10.0 Å². The molecule has 3 aromatic rings. The molecule has 32 heavy (non-hydrogen) atoms. The molecule has 1 saturated heterocycles. The van der Waals surface area contributed by atoms with Gasteiger partial charge >= 0.3 is 0 Å². The van der Waals surface area contributed by atoms with Crippen LogP contribution in [0, 0.1) is 10.1 Å². The number of rotatable bonds is 6. The number of nitro benzene ring substituents is 1. The summed E-state index contributed by atoms with van der Waals surface area (Å²) in [6, 6.07) is 12.7. The summed E-state index contributed by atoms with van der Waals surface area (Å²) in [5, 5.41) is 14.9. The molecule has 1 aromatic heterocycles. The molecule has 0 bridgehead atoms. The SMILES string of the molecule is O=C(Nc1ccccc1Oc1ncc(Cl)cc1Cl)c1ccc(N2CCCC2)c([N+](=O)[O-])c1. The summed E-state index contributed by atoms with van der Waals surface area (Å²) >= 11 is 12.0. The third kappa shape index (κ3) is 4.76. The van der Waals surface area contributed by atoms with E-state index in [9.17, 15) is 14.9 Å². The van der Waals surface area contributed by atoms with Gasteiger partial charge in [0.2, 0.25) is 5.88 Å². The Kier molecular flexibility index (Phi) is 6.43. The van der Waals surface area contributed by atoms with Gasteiger partial charge in [0.05, 0.1) is 15.6 Å². The van der Waals surface area contributed by atoms with Gasteiger partial charge in [0.25, 0.3) is 11.6 Å². The van der Waals surface area contributed by atoms with Crippen LogP contribution in [0.25, 0.3) is 0 Å². The topological polar surface area (TPSA) is 97.6 Å². The maximum absolute atomic E-state index is 12.9. The first-order valence-corrected chi connectivity index (χ1v) is 10.6. The Bertz CT molecular complexity index is 1180. The highest BCUT2D eigenvalue weighted by atomic mass is 35.5. The van der Waals surface area contributed by atoms with E-state index in [1.165, 1.54) is 18.3 Å². The van der Waals surface area contributed by atoms with Crippen molar-refractivity contribution >= 4 is 46.2 Å². The number of nitrogens with zero attached hydrogens (tertiary/aromatic N) is 3. The molecule has 2 heterocycles. The number of carbonyl (C=O) groups excluding carboxylic acids is 1. The van der Waals surface area contributed by atoms with E-state index in [1.54, 1.807) is 36.4 Å². The summed E-state index contributed by atoms with van der Waals surface area (Å²) < 4.78 is 5.75. The quantitative estimate of drug-likeness (QED) is 0.352. The maximum atomic E-state index is 12.9. The van der Waals surface area contributed by atoms with E-state index in [0.29, 0.717) is 22.1 Å². The number of carbonyl (C=O) groups is 1. The predicted molar refractivity (Wildman–Crippen MR) is 123 cm³/mol. The van der Waals surface area contributed by atoms with Gasteiger partial charge in [0.1, 0.15) is 10.7 Å². The molecule has 1 aliphatic rings. The molecule has 0 radical (unpaired) electrons. The van der Waals surface area contributed by atoms with E-state index in [0.717, 1.165) is 25.9 Å². The minimum absolute atomic E-state index is 0.0961. The van der Waals surface area contributed by atoms with Crippen LogP contribution in [-0.4, -0.2) is 28.9 Å². The van der Waals surface area contributed by atoms with Crippen LogP contribution in [0.4, 0.5) is 17.1 Å². The number of ether oxygens (including phenoxy) is 1. The second kappa shape index (κ2) is 9.42. The monoisotopic (exact) mass is 472 g/mol. The van der Waals surface area contributed by atoms with E-state index < -0.39 is 10.8 Å². The second-order valence-corrected chi connectivity index (χ2v) is 7.99. The molecule has 4 rings (SSSR count). The first kappa shape index (κ1) is 21.9. The van der Waals surface area contributed by atoms with Crippen molar-refractivity contribution in [3.05, 3.63) is 80.5 Å². The predicted octanol–water partition coefficient (Wildman–Crippen LogP) is 5.94.